The van der Waals surface area contributed by atoms with Gasteiger partial charge in [0.05, 0.1) is 30.3 Å². The summed E-state index contributed by atoms with van der Waals surface area (Å²) in [7, 11) is -3.18. The van der Waals surface area contributed by atoms with Gasteiger partial charge in [-0.05, 0) is 12.5 Å². The topological polar surface area (TPSA) is 77.8 Å². The summed E-state index contributed by atoms with van der Waals surface area (Å²) in [6.07, 6.45) is -0.878. The quantitative estimate of drug-likeness (QED) is 0.797. The maximum Gasteiger partial charge on any atom is 0.154 e. The van der Waals surface area contributed by atoms with Crippen LogP contribution in [0.4, 0.5) is 0 Å². The summed E-state index contributed by atoms with van der Waals surface area (Å²) >= 11 is 0. The molecule has 6 heteroatoms. The van der Waals surface area contributed by atoms with Crippen LogP contribution in [-0.2, 0) is 16.4 Å². The Bertz CT molecular complexity index is 541. The Labute approximate surface area is 119 Å². The summed E-state index contributed by atoms with van der Waals surface area (Å²) in [6, 6.07) is 7.52. The Morgan fingerprint density at radius 2 is 1.90 bits per heavy atom. The number of benzene rings is 1. The predicted octanol–water partition coefficient (Wildman–Crippen LogP) is -0.0528. The highest BCUT2D eigenvalue weighted by molar-refractivity contribution is 7.91. The van der Waals surface area contributed by atoms with Crippen LogP contribution in [0.15, 0.2) is 24.3 Å². The van der Waals surface area contributed by atoms with E-state index in [9.17, 15) is 13.5 Å². The number of hydrogen-bond donors (Lipinski definition) is 2. The highest BCUT2D eigenvalue weighted by atomic mass is 32.2. The fraction of sp³-hybridized carbons (Fsp3) is 0.571. The van der Waals surface area contributed by atoms with E-state index < -0.39 is 22.0 Å². The molecule has 0 spiro atoms. The zero-order valence-corrected chi connectivity index (χ0v) is 12.4. The van der Waals surface area contributed by atoms with Crippen molar-refractivity contribution in [2.75, 3.05) is 24.7 Å². The van der Waals surface area contributed by atoms with Crippen LogP contribution < -0.4 is 0 Å². The van der Waals surface area contributed by atoms with Crippen LogP contribution in [-0.4, -0.2) is 60.3 Å². The molecule has 1 heterocycles. The molecule has 20 heavy (non-hydrogen) atoms. The van der Waals surface area contributed by atoms with Crippen molar-refractivity contribution in [3.63, 3.8) is 0 Å². The van der Waals surface area contributed by atoms with Gasteiger partial charge in [-0.2, -0.15) is 0 Å². The number of hydrogen-bond acceptors (Lipinski definition) is 5. The molecule has 112 valence electrons. The average Bonchev–Trinajstić information content (AvgIpc) is 2.65. The highest BCUT2D eigenvalue weighted by Gasteiger charge is 2.39. The molecule has 1 aromatic rings. The third-order valence-corrected chi connectivity index (χ3v) is 5.35. The van der Waals surface area contributed by atoms with Gasteiger partial charge < -0.3 is 10.2 Å². The number of aliphatic hydroxyl groups is 2. The van der Waals surface area contributed by atoms with Gasteiger partial charge in [-0.3, -0.25) is 4.90 Å². The average molecular weight is 299 g/mol. The molecule has 0 amide bonds. The first-order chi connectivity index (χ1) is 9.41. The summed E-state index contributed by atoms with van der Waals surface area (Å²) in [5.41, 5.74) is 2.20. The maximum absolute atomic E-state index is 11.6. The SMILES string of the molecule is Cc1ccc(CN(CCO)[C@@H]2CS(=O)(=O)C[C@@H]2O)cc1. The summed E-state index contributed by atoms with van der Waals surface area (Å²) in [5, 5.41) is 19.1. The van der Waals surface area contributed by atoms with Gasteiger partial charge in [-0.1, -0.05) is 29.8 Å². The fourth-order valence-electron chi connectivity index (χ4n) is 2.58. The van der Waals surface area contributed by atoms with Gasteiger partial charge in [-0.15, -0.1) is 0 Å². The number of aryl methyl sites for hydroxylation is 1. The second-order valence-corrected chi connectivity index (χ2v) is 7.55. The van der Waals surface area contributed by atoms with E-state index in [-0.39, 0.29) is 18.1 Å². The first-order valence-electron chi connectivity index (χ1n) is 6.70. The Morgan fingerprint density at radius 1 is 1.25 bits per heavy atom. The normalized spacial score (nSPS) is 25.2. The highest BCUT2D eigenvalue weighted by Crippen LogP contribution is 2.20. The van der Waals surface area contributed by atoms with Crippen molar-refractivity contribution in [1.29, 1.82) is 0 Å². The van der Waals surface area contributed by atoms with Crippen LogP contribution in [0.2, 0.25) is 0 Å². The van der Waals surface area contributed by atoms with Gasteiger partial charge in [0.25, 0.3) is 0 Å². The minimum atomic E-state index is -3.18. The number of aliphatic hydroxyl groups excluding tert-OH is 2. The van der Waals surface area contributed by atoms with Gasteiger partial charge in [0.1, 0.15) is 0 Å². The van der Waals surface area contributed by atoms with Crippen LogP contribution >= 0.6 is 0 Å². The monoisotopic (exact) mass is 299 g/mol. The minimum absolute atomic E-state index is 0.0416. The molecule has 1 aliphatic heterocycles. The van der Waals surface area contributed by atoms with Crippen molar-refractivity contribution < 1.29 is 18.6 Å². The second-order valence-electron chi connectivity index (χ2n) is 5.39. The standard InChI is InChI=1S/C14H21NO4S/c1-11-2-4-12(5-3-11)8-15(6-7-16)13-9-20(18,19)10-14(13)17/h2-5,13-14,16-17H,6-10H2,1H3/t13-,14+/m1/s1. The van der Waals surface area contributed by atoms with E-state index in [1.807, 2.05) is 36.1 Å². The molecule has 0 aromatic heterocycles. The lowest BCUT2D eigenvalue weighted by Crippen LogP contribution is -2.44. The number of nitrogens with zero attached hydrogens (tertiary/aromatic N) is 1. The molecule has 2 atom stereocenters. The van der Waals surface area contributed by atoms with E-state index >= 15 is 0 Å². The molecule has 1 aliphatic rings. The second kappa shape index (κ2) is 6.22. The fourth-order valence-corrected chi connectivity index (χ4v) is 4.41. The lowest BCUT2D eigenvalue weighted by atomic mass is 10.1. The molecule has 1 fully saturated rings. The first-order valence-corrected chi connectivity index (χ1v) is 8.52. The van der Waals surface area contributed by atoms with E-state index in [1.54, 1.807) is 0 Å². The van der Waals surface area contributed by atoms with Gasteiger partial charge in [0.2, 0.25) is 0 Å². The van der Waals surface area contributed by atoms with Crippen LogP contribution in [0, 0.1) is 6.92 Å². The number of rotatable bonds is 5. The van der Waals surface area contributed by atoms with Gasteiger partial charge in [-0.25, -0.2) is 8.42 Å². The largest absolute Gasteiger partial charge is 0.395 e. The van der Waals surface area contributed by atoms with E-state index in [0.29, 0.717) is 13.1 Å². The lowest BCUT2D eigenvalue weighted by molar-refractivity contribution is 0.0655. The first kappa shape index (κ1) is 15.4. The number of sulfone groups is 1. The van der Waals surface area contributed by atoms with Crippen LogP contribution in [0.1, 0.15) is 11.1 Å². The molecule has 0 aliphatic carbocycles. The molecule has 1 aromatic carbocycles. The van der Waals surface area contributed by atoms with Gasteiger partial charge in [0.15, 0.2) is 9.84 Å². The van der Waals surface area contributed by atoms with Crippen LogP contribution in [0.3, 0.4) is 0 Å². The van der Waals surface area contributed by atoms with Crippen molar-refractivity contribution in [1.82, 2.24) is 4.90 Å². The third kappa shape index (κ3) is 3.79. The zero-order valence-electron chi connectivity index (χ0n) is 11.6. The lowest BCUT2D eigenvalue weighted by Gasteiger charge is -2.29. The van der Waals surface area contributed by atoms with E-state index in [0.717, 1.165) is 11.1 Å². The summed E-state index contributed by atoms with van der Waals surface area (Å²) in [4.78, 5) is 1.85. The van der Waals surface area contributed by atoms with E-state index in [4.69, 9.17) is 5.11 Å². The molecule has 2 N–H and O–H groups in total. The summed E-state index contributed by atoms with van der Waals surface area (Å²) in [5.74, 6) is -0.229. The Kier molecular flexibility index (Phi) is 4.80. The Balaban J connectivity index is 2.13. The van der Waals surface area contributed by atoms with Crippen molar-refractivity contribution >= 4 is 9.84 Å². The van der Waals surface area contributed by atoms with Crippen LogP contribution in [0.25, 0.3) is 0 Å². The molecule has 0 radical (unpaired) electrons. The van der Waals surface area contributed by atoms with E-state index in [1.165, 1.54) is 0 Å². The molecule has 1 saturated heterocycles. The smallest absolute Gasteiger partial charge is 0.154 e. The minimum Gasteiger partial charge on any atom is -0.395 e. The summed E-state index contributed by atoms with van der Waals surface area (Å²) < 4.78 is 23.2. The molecule has 0 bridgehead atoms. The van der Waals surface area contributed by atoms with Crippen molar-refractivity contribution in [3.8, 4) is 0 Å². The third-order valence-electron chi connectivity index (χ3n) is 3.66. The maximum atomic E-state index is 11.6. The summed E-state index contributed by atoms with van der Waals surface area (Å²) in [6.45, 7) is 2.82. The molecular formula is C14H21NO4S. The molecular weight excluding hydrogens is 278 g/mol. The molecule has 0 unspecified atom stereocenters. The van der Waals surface area contributed by atoms with Crippen molar-refractivity contribution in [3.05, 3.63) is 35.4 Å². The molecule has 2 rings (SSSR count). The molecule has 5 nitrogen and oxygen atoms in total. The van der Waals surface area contributed by atoms with Crippen molar-refractivity contribution in [2.24, 2.45) is 0 Å². The molecule has 0 saturated carbocycles. The van der Waals surface area contributed by atoms with Crippen LogP contribution in [0.5, 0.6) is 0 Å². The predicted molar refractivity (Wildman–Crippen MR) is 77.1 cm³/mol. The Morgan fingerprint density at radius 3 is 2.40 bits per heavy atom. The van der Waals surface area contributed by atoms with Crippen molar-refractivity contribution in [2.45, 2.75) is 25.6 Å². The van der Waals surface area contributed by atoms with Gasteiger partial charge in [0, 0.05) is 13.1 Å². The Hall–Kier alpha value is -0.950. The van der Waals surface area contributed by atoms with E-state index in [2.05, 4.69) is 0 Å². The zero-order chi connectivity index (χ0) is 14.8. The van der Waals surface area contributed by atoms with Gasteiger partial charge >= 0.3 is 0 Å².